The van der Waals surface area contributed by atoms with E-state index in [1.54, 1.807) is 29.4 Å². The van der Waals surface area contributed by atoms with Crippen LogP contribution >= 0.6 is 0 Å². The second-order valence-corrected chi connectivity index (χ2v) is 6.48. The van der Waals surface area contributed by atoms with Crippen LogP contribution in [0.4, 0.5) is 0 Å². The minimum absolute atomic E-state index is 0.0909. The molecule has 1 N–H and O–H groups in total. The number of rotatable bonds is 4. The lowest BCUT2D eigenvalue weighted by molar-refractivity contribution is -0.131. The summed E-state index contributed by atoms with van der Waals surface area (Å²) in [4.78, 5) is 28.6. The number of aromatic amines is 1. The fraction of sp³-hybridized carbons (Fsp3) is 0.250. The molecule has 7 nitrogen and oxygen atoms in total. The Morgan fingerprint density at radius 3 is 2.44 bits per heavy atom. The minimum atomic E-state index is -0.140. The first-order valence-electron chi connectivity index (χ1n) is 8.91. The molecule has 1 aliphatic heterocycles. The average Bonchev–Trinajstić information content (AvgIpc) is 3.40. The Labute approximate surface area is 156 Å². The zero-order chi connectivity index (χ0) is 18.6. The molecule has 3 heterocycles. The molecule has 0 saturated carbocycles. The van der Waals surface area contributed by atoms with Crippen molar-refractivity contribution in [3.05, 3.63) is 66.1 Å². The van der Waals surface area contributed by atoms with Gasteiger partial charge in [-0.2, -0.15) is 5.10 Å². The quantitative estimate of drug-likeness (QED) is 0.769. The molecular weight excluding hydrogens is 344 g/mol. The number of furan rings is 1. The molecule has 7 heteroatoms. The van der Waals surface area contributed by atoms with Gasteiger partial charge in [0.1, 0.15) is 5.69 Å². The summed E-state index contributed by atoms with van der Waals surface area (Å²) < 4.78 is 5.31. The summed E-state index contributed by atoms with van der Waals surface area (Å²) in [5.74, 6) is 0.588. The van der Waals surface area contributed by atoms with Gasteiger partial charge in [0.2, 0.25) is 5.91 Å². The molecule has 0 spiro atoms. The molecule has 0 unspecified atom stereocenters. The summed E-state index contributed by atoms with van der Waals surface area (Å²) in [6, 6.07) is 15.0. The molecule has 1 saturated heterocycles. The molecular formula is C20H20N4O3. The molecule has 2 aromatic heterocycles. The molecule has 0 bridgehead atoms. The summed E-state index contributed by atoms with van der Waals surface area (Å²) >= 11 is 0. The van der Waals surface area contributed by atoms with Crippen molar-refractivity contribution in [2.45, 2.75) is 6.42 Å². The molecule has 3 aromatic rings. The van der Waals surface area contributed by atoms with Gasteiger partial charge in [-0.3, -0.25) is 14.7 Å². The van der Waals surface area contributed by atoms with Crippen LogP contribution in [0.25, 0.3) is 11.5 Å². The summed E-state index contributed by atoms with van der Waals surface area (Å²) in [6.45, 7) is 2.07. The molecule has 2 amide bonds. The maximum absolute atomic E-state index is 12.7. The Morgan fingerprint density at radius 2 is 1.74 bits per heavy atom. The van der Waals surface area contributed by atoms with Crippen LogP contribution in [0.15, 0.2) is 59.2 Å². The molecule has 1 aromatic carbocycles. The van der Waals surface area contributed by atoms with Gasteiger partial charge in [-0.05, 0) is 17.7 Å². The Kier molecular flexibility index (Phi) is 4.74. The summed E-state index contributed by atoms with van der Waals surface area (Å²) in [5, 5.41) is 6.93. The van der Waals surface area contributed by atoms with Crippen LogP contribution in [0.1, 0.15) is 16.1 Å². The number of nitrogens with one attached hydrogen (secondary N) is 1. The third-order valence-corrected chi connectivity index (χ3v) is 4.70. The van der Waals surface area contributed by atoms with Crippen LogP contribution in [0.2, 0.25) is 0 Å². The van der Waals surface area contributed by atoms with Gasteiger partial charge in [0.05, 0.1) is 12.7 Å². The van der Waals surface area contributed by atoms with E-state index in [1.807, 2.05) is 35.2 Å². The first-order chi connectivity index (χ1) is 13.2. The molecule has 1 fully saturated rings. The van der Waals surface area contributed by atoms with E-state index in [0.29, 0.717) is 49.7 Å². The SMILES string of the molecule is O=C(Cc1ccccc1)N1CCN(C(=O)c2cc(-c3ccco3)[nH]n2)CC1. The van der Waals surface area contributed by atoms with Gasteiger partial charge in [-0.25, -0.2) is 0 Å². The highest BCUT2D eigenvalue weighted by molar-refractivity contribution is 5.93. The monoisotopic (exact) mass is 364 g/mol. The van der Waals surface area contributed by atoms with Crippen LogP contribution in [-0.2, 0) is 11.2 Å². The predicted molar refractivity (Wildman–Crippen MR) is 98.9 cm³/mol. The maximum atomic E-state index is 12.7. The predicted octanol–water partition coefficient (Wildman–Crippen LogP) is 2.20. The highest BCUT2D eigenvalue weighted by Gasteiger charge is 2.26. The van der Waals surface area contributed by atoms with Gasteiger partial charge < -0.3 is 14.2 Å². The minimum Gasteiger partial charge on any atom is -0.463 e. The molecule has 0 radical (unpaired) electrons. The molecule has 138 valence electrons. The Hall–Kier alpha value is -3.35. The van der Waals surface area contributed by atoms with E-state index in [4.69, 9.17) is 4.42 Å². The van der Waals surface area contributed by atoms with Crippen molar-refractivity contribution >= 4 is 11.8 Å². The first kappa shape index (κ1) is 17.1. The van der Waals surface area contributed by atoms with E-state index in [2.05, 4.69) is 10.2 Å². The van der Waals surface area contributed by atoms with Gasteiger partial charge >= 0.3 is 0 Å². The van der Waals surface area contributed by atoms with E-state index < -0.39 is 0 Å². The van der Waals surface area contributed by atoms with Gasteiger partial charge in [0.15, 0.2) is 11.5 Å². The van der Waals surface area contributed by atoms with Crippen LogP contribution < -0.4 is 0 Å². The van der Waals surface area contributed by atoms with E-state index >= 15 is 0 Å². The Bertz CT molecular complexity index is 910. The van der Waals surface area contributed by atoms with Gasteiger partial charge in [0, 0.05) is 32.2 Å². The number of benzene rings is 1. The van der Waals surface area contributed by atoms with Crippen molar-refractivity contribution in [2.75, 3.05) is 26.2 Å². The third-order valence-electron chi connectivity index (χ3n) is 4.70. The van der Waals surface area contributed by atoms with Gasteiger partial charge in [-0.15, -0.1) is 0 Å². The number of carbonyl (C=O) groups is 2. The second kappa shape index (κ2) is 7.49. The van der Waals surface area contributed by atoms with Crippen molar-refractivity contribution < 1.29 is 14.0 Å². The lowest BCUT2D eigenvalue weighted by Gasteiger charge is -2.34. The van der Waals surface area contributed by atoms with Crippen molar-refractivity contribution in [1.29, 1.82) is 0 Å². The van der Waals surface area contributed by atoms with Gasteiger partial charge in [0.25, 0.3) is 5.91 Å². The van der Waals surface area contributed by atoms with Crippen molar-refractivity contribution in [1.82, 2.24) is 20.0 Å². The normalized spacial score (nSPS) is 14.4. The second-order valence-electron chi connectivity index (χ2n) is 6.48. The molecule has 4 rings (SSSR count). The number of amides is 2. The first-order valence-corrected chi connectivity index (χ1v) is 8.91. The topological polar surface area (TPSA) is 82.4 Å². The van der Waals surface area contributed by atoms with Crippen LogP contribution in [-0.4, -0.2) is 58.0 Å². The van der Waals surface area contributed by atoms with E-state index in [-0.39, 0.29) is 11.8 Å². The lowest BCUT2D eigenvalue weighted by Crippen LogP contribution is -2.51. The maximum Gasteiger partial charge on any atom is 0.274 e. The summed E-state index contributed by atoms with van der Waals surface area (Å²) in [5.41, 5.74) is 2.02. The highest BCUT2D eigenvalue weighted by atomic mass is 16.3. The smallest absolute Gasteiger partial charge is 0.274 e. The van der Waals surface area contributed by atoms with Crippen molar-refractivity contribution in [3.63, 3.8) is 0 Å². The highest BCUT2D eigenvalue weighted by Crippen LogP contribution is 2.19. The molecule has 1 aliphatic rings. The van der Waals surface area contributed by atoms with Crippen molar-refractivity contribution in [2.24, 2.45) is 0 Å². The fourth-order valence-corrected chi connectivity index (χ4v) is 3.19. The Morgan fingerprint density at radius 1 is 1.00 bits per heavy atom. The largest absolute Gasteiger partial charge is 0.463 e. The van der Waals surface area contributed by atoms with E-state index in [9.17, 15) is 9.59 Å². The standard InChI is InChI=1S/C20H20N4O3/c25-19(13-15-5-2-1-3-6-15)23-8-10-24(11-9-23)20(26)17-14-16(21-22-17)18-7-4-12-27-18/h1-7,12,14H,8-11,13H2,(H,21,22). The molecule has 0 atom stereocenters. The van der Waals surface area contributed by atoms with Crippen molar-refractivity contribution in [3.8, 4) is 11.5 Å². The zero-order valence-electron chi connectivity index (χ0n) is 14.8. The number of aromatic nitrogens is 2. The zero-order valence-corrected chi connectivity index (χ0v) is 14.8. The van der Waals surface area contributed by atoms with Crippen LogP contribution in [0.3, 0.4) is 0 Å². The molecule has 27 heavy (non-hydrogen) atoms. The van der Waals surface area contributed by atoms with Gasteiger partial charge in [-0.1, -0.05) is 30.3 Å². The fourth-order valence-electron chi connectivity index (χ4n) is 3.19. The van der Waals surface area contributed by atoms with E-state index in [1.165, 1.54) is 0 Å². The summed E-state index contributed by atoms with van der Waals surface area (Å²) in [7, 11) is 0. The number of hydrogen-bond donors (Lipinski definition) is 1. The number of hydrogen-bond acceptors (Lipinski definition) is 4. The Balaban J connectivity index is 1.33. The molecule has 0 aliphatic carbocycles. The van der Waals surface area contributed by atoms with E-state index in [0.717, 1.165) is 5.56 Å². The lowest BCUT2D eigenvalue weighted by atomic mass is 10.1. The van der Waals surface area contributed by atoms with Crippen LogP contribution in [0, 0.1) is 0 Å². The average molecular weight is 364 g/mol. The van der Waals surface area contributed by atoms with Crippen LogP contribution in [0.5, 0.6) is 0 Å². The summed E-state index contributed by atoms with van der Waals surface area (Å²) in [6.07, 6.45) is 1.96. The number of piperazine rings is 1. The number of nitrogens with zero attached hydrogens (tertiary/aromatic N) is 3. The number of carbonyl (C=O) groups excluding carboxylic acids is 2. The third kappa shape index (κ3) is 3.76. The number of H-pyrrole nitrogens is 1.